The van der Waals surface area contributed by atoms with Crippen LogP contribution in [-0.4, -0.2) is 16.1 Å². The van der Waals surface area contributed by atoms with Gasteiger partial charge in [-0.15, -0.1) is 11.3 Å². The first-order valence-electron chi connectivity index (χ1n) is 5.31. The van der Waals surface area contributed by atoms with Gasteiger partial charge in [-0.05, 0) is 19.4 Å². The quantitative estimate of drug-likeness (QED) is 0.906. The molecule has 88 valence electrons. The summed E-state index contributed by atoms with van der Waals surface area (Å²) in [6.45, 7) is 3.86. The number of aromatic carboxylic acids is 1. The lowest BCUT2D eigenvalue weighted by Crippen LogP contribution is -1.99. The maximum absolute atomic E-state index is 11.0. The highest BCUT2D eigenvalue weighted by atomic mass is 32.1. The molecule has 3 nitrogen and oxygen atoms in total. The molecule has 0 unspecified atom stereocenters. The number of carboxylic acids is 1. The van der Waals surface area contributed by atoms with Crippen LogP contribution in [0.15, 0.2) is 24.3 Å². The molecule has 1 aromatic carbocycles. The first-order valence-corrected chi connectivity index (χ1v) is 6.13. The summed E-state index contributed by atoms with van der Waals surface area (Å²) in [6, 6.07) is 8.06. The number of benzene rings is 1. The van der Waals surface area contributed by atoms with Gasteiger partial charge in [0.15, 0.2) is 0 Å². The van der Waals surface area contributed by atoms with Crippen molar-refractivity contribution in [2.24, 2.45) is 0 Å². The molecule has 0 atom stereocenters. The highest BCUT2D eigenvalue weighted by molar-refractivity contribution is 7.13. The minimum absolute atomic E-state index is 0.350. The highest BCUT2D eigenvalue weighted by Gasteiger charge is 2.15. The molecule has 0 saturated carbocycles. The van der Waals surface area contributed by atoms with Gasteiger partial charge in [0.25, 0.3) is 0 Å². The molecule has 0 bridgehead atoms. The Morgan fingerprint density at radius 3 is 2.53 bits per heavy atom. The van der Waals surface area contributed by atoms with Crippen LogP contribution in [0.25, 0.3) is 0 Å². The summed E-state index contributed by atoms with van der Waals surface area (Å²) >= 11 is 1.23. The number of carboxylic acid groups (broad SMARTS) is 1. The number of aromatic nitrogens is 1. The van der Waals surface area contributed by atoms with Crippen molar-refractivity contribution >= 4 is 17.3 Å². The van der Waals surface area contributed by atoms with E-state index < -0.39 is 5.97 Å². The number of rotatable bonds is 3. The van der Waals surface area contributed by atoms with Gasteiger partial charge in [-0.3, -0.25) is 0 Å². The molecule has 0 radical (unpaired) electrons. The van der Waals surface area contributed by atoms with Gasteiger partial charge in [0.05, 0.1) is 10.7 Å². The lowest BCUT2D eigenvalue weighted by atomic mass is 10.1. The van der Waals surface area contributed by atoms with E-state index in [0.717, 1.165) is 10.6 Å². The van der Waals surface area contributed by atoms with Crippen LogP contribution in [0.2, 0.25) is 0 Å². The molecule has 0 aliphatic carbocycles. The molecule has 1 heterocycles. The van der Waals surface area contributed by atoms with Crippen LogP contribution in [0.3, 0.4) is 0 Å². The molecule has 17 heavy (non-hydrogen) atoms. The second-order valence-electron chi connectivity index (χ2n) is 3.98. The zero-order valence-electron chi connectivity index (χ0n) is 9.73. The number of thiazole rings is 1. The van der Waals surface area contributed by atoms with E-state index in [1.807, 2.05) is 38.1 Å². The Bertz CT molecular complexity index is 543. The second kappa shape index (κ2) is 4.67. The molecule has 0 amide bonds. The molecule has 4 heteroatoms. The maximum Gasteiger partial charge on any atom is 0.347 e. The normalized spacial score (nSPS) is 10.5. The van der Waals surface area contributed by atoms with Gasteiger partial charge in [-0.25, -0.2) is 9.78 Å². The number of hydrogen-bond acceptors (Lipinski definition) is 3. The highest BCUT2D eigenvalue weighted by Crippen LogP contribution is 2.21. The molecular weight excluding hydrogens is 234 g/mol. The molecule has 0 fully saturated rings. The third-order valence-corrected chi connectivity index (χ3v) is 3.49. The molecule has 1 N–H and O–H groups in total. The van der Waals surface area contributed by atoms with E-state index in [0.29, 0.717) is 17.0 Å². The van der Waals surface area contributed by atoms with Crippen molar-refractivity contribution in [2.45, 2.75) is 20.3 Å². The van der Waals surface area contributed by atoms with Crippen LogP contribution in [0, 0.1) is 13.8 Å². The minimum atomic E-state index is -0.891. The van der Waals surface area contributed by atoms with E-state index in [1.165, 1.54) is 16.9 Å². The van der Waals surface area contributed by atoms with E-state index in [9.17, 15) is 4.79 Å². The summed E-state index contributed by atoms with van der Waals surface area (Å²) in [5.74, 6) is -0.891. The molecule has 1 aromatic heterocycles. The van der Waals surface area contributed by atoms with Crippen LogP contribution in [-0.2, 0) is 6.42 Å². The van der Waals surface area contributed by atoms with Gasteiger partial charge >= 0.3 is 5.97 Å². The monoisotopic (exact) mass is 247 g/mol. The van der Waals surface area contributed by atoms with Crippen molar-refractivity contribution in [1.82, 2.24) is 4.98 Å². The number of hydrogen-bond donors (Lipinski definition) is 1. The van der Waals surface area contributed by atoms with Crippen molar-refractivity contribution in [3.8, 4) is 0 Å². The van der Waals surface area contributed by atoms with Crippen molar-refractivity contribution in [3.63, 3.8) is 0 Å². The Labute approximate surface area is 104 Å². The van der Waals surface area contributed by atoms with Crippen molar-refractivity contribution < 1.29 is 9.90 Å². The zero-order valence-corrected chi connectivity index (χ0v) is 10.5. The number of nitrogens with zero attached hydrogens (tertiary/aromatic N) is 1. The Hall–Kier alpha value is -1.68. The van der Waals surface area contributed by atoms with Gasteiger partial charge in [0, 0.05) is 6.42 Å². The van der Waals surface area contributed by atoms with E-state index in [2.05, 4.69) is 4.98 Å². The van der Waals surface area contributed by atoms with Gasteiger partial charge < -0.3 is 5.11 Å². The Balaban J connectivity index is 2.29. The van der Waals surface area contributed by atoms with Crippen LogP contribution in [0.5, 0.6) is 0 Å². The van der Waals surface area contributed by atoms with Crippen LogP contribution >= 0.6 is 11.3 Å². The SMILES string of the molecule is Cc1ccc(Cc2nc(C)sc2C(=O)O)cc1. The van der Waals surface area contributed by atoms with Crippen LogP contribution in [0.1, 0.15) is 31.5 Å². The lowest BCUT2D eigenvalue weighted by Gasteiger charge is -2.00. The summed E-state index contributed by atoms with van der Waals surface area (Å²) < 4.78 is 0. The minimum Gasteiger partial charge on any atom is -0.477 e. The fourth-order valence-corrected chi connectivity index (χ4v) is 2.43. The Kier molecular flexibility index (Phi) is 3.24. The molecule has 0 saturated heterocycles. The molecule has 2 aromatic rings. The van der Waals surface area contributed by atoms with E-state index >= 15 is 0 Å². The van der Waals surface area contributed by atoms with Gasteiger partial charge in [-0.1, -0.05) is 29.8 Å². The summed E-state index contributed by atoms with van der Waals surface area (Å²) in [7, 11) is 0. The van der Waals surface area contributed by atoms with E-state index in [1.54, 1.807) is 0 Å². The van der Waals surface area contributed by atoms with Gasteiger partial charge in [0.2, 0.25) is 0 Å². The van der Waals surface area contributed by atoms with Crippen LogP contribution < -0.4 is 0 Å². The molecule has 0 aliphatic rings. The van der Waals surface area contributed by atoms with E-state index in [-0.39, 0.29) is 0 Å². The third-order valence-electron chi connectivity index (χ3n) is 2.49. The summed E-state index contributed by atoms with van der Waals surface area (Å²) in [5, 5.41) is 9.87. The Morgan fingerprint density at radius 2 is 1.94 bits per heavy atom. The topological polar surface area (TPSA) is 50.2 Å². The van der Waals surface area contributed by atoms with Crippen molar-refractivity contribution in [3.05, 3.63) is 51.0 Å². The standard InChI is InChI=1S/C13H13NO2S/c1-8-3-5-10(6-4-8)7-11-12(13(15)16)17-9(2)14-11/h3-6H,7H2,1-2H3,(H,15,16). The summed E-state index contributed by atoms with van der Waals surface area (Å²) in [6.07, 6.45) is 0.576. The first-order chi connectivity index (χ1) is 8.06. The number of aryl methyl sites for hydroxylation is 2. The van der Waals surface area contributed by atoms with Crippen LogP contribution in [0.4, 0.5) is 0 Å². The first kappa shape index (κ1) is 11.8. The average molecular weight is 247 g/mol. The molecule has 2 rings (SSSR count). The molecule has 0 spiro atoms. The fraction of sp³-hybridized carbons (Fsp3) is 0.231. The average Bonchev–Trinajstić information content (AvgIpc) is 2.63. The maximum atomic E-state index is 11.0. The predicted octanol–water partition coefficient (Wildman–Crippen LogP) is 3.05. The summed E-state index contributed by atoms with van der Waals surface area (Å²) in [5.41, 5.74) is 2.94. The van der Waals surface area contributed by atoms with Crippen molar-refractivity contribution in [1.29, 1.82) is 0 Å². The molecular formula is C13H13NO2S. The third kappa shape index (κ3) is 2.71. The smallest absolute Gasteiger partial charge is 0.347 e. The summed E-state index contributed by atoms with van der Waals surface area (Å²) in [4.78, 5) is 15.7. The van der Waals surface area contributed by atoms with E-state index in [4.69, 9.17) is 5.11 Å². The predicted molar refractivity (Wildman–Crippen MR) is 67.8 cm³/mol. The fourth-order valence-electron chi connectivity index (χ4n) is 1.66. The largest absolute Gasteiger partial charge is 0.477 e. The lowest BCUT2D eigenvalue weighted by molar-refractivity contribution is 0.0701. The van der Waals surface area contributed by atoms with Crippen molar-refractivity contribution in [2.75, 3.05) is 0 Å². The second-order valence-corrected chi connectivity index (χ2v) is 5.18. The molecule has 0 aliphatic heterocycles. The Morgan fingerprint density at radius 1 is 1.29 bits per heavy atom. The zero-order chi connectivity index (χ0) is 12.4. The van der Waals surface area contributed by atoms with Gasteiger partial charge in [-0.2, -0.15) is 0 Å². The number of carbonyl (C=O) groups is 1. The van der Waals surface area contributed by atoms with Gasteiger partial charge in [0.1, 0.15) is 4.88 Å².